The van der Waals surface area contributed by atoms with Crippen molar-refractivity contribution in [2.24, 2.45) is 11.3 Å². The first-order valence-electron chi connectivity index (χ1n) is 8.22. The number of amides is 2. The molecular weight excluding hydrogens is 371 g/mol. The van der Waals surface area contributed by atoms with Gasteiger partial charge in [0.25, 0.3) is 0 Å². The summed E-state index contributed by atoms with van der Waals surface area (Å²) in [5, 5.41) is 8.28. The van der Waals surface area contributed by atoms with Crippen LogP contribution in [0.5, 0.6) is 0 Å². The maximum Gasteiger partial charge on any atom is 0.416 e. The Kier molecular flexibility index (Phi) is 5.87. The highest BCUT2D eigenvalue weighted by Crippen LogP contribution is 2.58. The minimum Gasteiger partial charge on any atom is -0.325 e. The third-order valence-corrected chi connectivity index (χ3v) is 5.02. The van der Waals surface area contributed by atoms with Crippen LogP contribution >= 0.6 is 12.4 Å². The Balaban J connectivity index is 0.00000243. The Labute approximate surface area is 155 Å². The van der Waals surface area contributed by atoms with E-state index in [2.05, 4.69) is 16.0 Å². The lowest BCUT2D eigenvalue weighted by atomic mass is 9.91. The molecule has 1 aromatic rings. The van der Waals surface area contributed by atoms with Crippen molar-refractivity contribution >= 4 is 35.6 Å². The molecule has 3 N–H and O–H groups in total. The Morgan fingerprint density at radius 3 is 2.38 bits per heavy atom. The molecule has 1 saturated carbocycles. The number of hydrogen-bond donors (Lipinski definition) is 3. The van der Waals surface area contributed by atoms with E-state index in [0.29, 0.717) is 0 Å². The average molecular weight is 392 g/mol. The molecule has 144 valence electrons. The maximum absolute atomic E-state index is 12.9. The van der Waals surface area contributed by atoms with Crippen molar-refractivity contribution in [3.63, 3.8) is 0 Å². The van der Waals surface area contributed by atoms with Crippen LogP contribution in [-0.2, 0) is 15.8 Å². The molecule has 5 nitrogen and oxygen atoms in total. The zero-order chi connectivity index (χ0) is 18.2. The summed E-state index contributed by atoms with van der Waals surface area (Å²) in [5.41, 5.74) is -0.755. The van der Waals surface area contributed by atoms with Gasteiger partial charge in [0.05, 0.1) is 16.9 Å². The van der Waals surface area contributed by atoms with Gasteiger partial charge in [0.1, 0.15) is 0 Å². The standard InChI is InChI=1S/C17H20F3N3O2.ClH/c1-10(24)22-13-3-2-11(17(18,19)20)8-14(13)23-15(25)12-9-16(12)4-6-21-7-5-16;/h2-3,8,12,21H,4-7,9H2,1H3,(H,22,24)(H,23,25);1H. The van der Waals surface area contributed by atoms with Crippen molar-refractivity contribution in [3.05, 3.63) is 23.8 Å². The second kappa shape index (κ2) is 7.44. The number of anilines is 2. The lowest BCUT2D eigenvalue weighted by molar-refractivity contribution is -0.137. The summed E-state index contributed by atoms with van der Waals surface area (Å²) >= 11 is 0. The molecule has 0 bridgehead atoms. The third-order valence-electron chi connectivity index (χ3n) is 5.02. The predicted octanol–water partition coefficient (Wildman–Crippen LogP) is 3.41. The highest BCUT2D eigenvalue weighted by atomic mass is 35.5. The SMILES string of the molecule is CC(=O)Nc1ccc(C(F)(F)F)cc1NC(=O)C1CC12CCNCC2.Cl. The van der Waals surface area contributed by atoms with Crippen LogP contribution in [0.25, 0.3) is 0 Å². The summed E-state index contributed by atoms with van der Waals surface area (Å²) in [6.07, 6.45) is -1.97. The fourth-order valence-electron chi connectivity index (χ4n) is 3.54. The summed E-state index contributed by atoms with van der Waals surface area (Å²) in [7, 11) is 0. The normalized spacial score (nSPS) is 20.8. The first kappa shape index (κ1) is 20.5. The van der Waals surface area contributed by atoms with E-state index < -0.39 is 17.6 Å². The summed E-state index contributed by atoms with van der Waals surface area (Å²) < 4.78 is 38.8. The topological polar surface area (TPSA) is 70.2 Å². The zero-order valence-electron chi connectivity index (χ0n) is 14.2. The van der Waals surface area contributed by atoms with E-state index in [-0.39, 0.29) is 41.0 Å². The number of rotatable bonds is 3. The highest BCUT2D eigenvalue weighted by Gasteiger charge is 2.57. The summed E-state index contributed by atoms with van der Waals surface area (Å²) in [6, 6.07) is 2.90. The average Bonchev–Trinajstić information content (AvgIpc) is 3.21. The molecule has 2 fully saturated rings. The second-order valence-corrected chi connectivity index (χ2v) is 6.80. The third kappa shape index (κ3) is 4.29. The number of nitrogens with one attached hydrogen (secondary N) is 3. The summed E-state index contributed by atoms with van der Waals surface area (Å²) in [5.74, 6) is -0.890. The van der Waals surface area contributed by atoms with Crippen molar-refractivity contribution in [1.82, 2.24) is 5.32 Å². The van der Waals surface area contributed by atoms with Crippen LogP contribution in [-0.4, -0.2) is 24.9 Å². The van der Waals surface area contributed by atoms with Crippen LogP contribution in [0.15, 0.2) is 18.2 Å². The van der Waals surface area contributed by atoms with Gasteiger partial charge in [-0.15, -0.1) is 12.4 Å². The summed E-state index contributed by atoms with van der Waals surface area (Å²) in [4.78, 5) is 23.8. The van der Waals surface area contributed by atoms with Gasteiger partial charge < -0.3 is 16.0 Å². The molecule has 1 heterocycles. The van der Waals surface area contributed by atoms with E-state index in [1.54, 1.807) is 0 Å². The van der Waals surface area contributed by atoms with Crippen LogP contribution in [0.3, 0.4) is 0 Å². The van der Waals surface area contributed by atoms with E-state index in [9.17, 15) is 22.8 Å². The highest BCUT2D eigenvalue weighted by molar-refractivity contribution is 6.01. The molecular formula is C17H21ClF3N3O2. The molecule has 0 radical (unpaired) electrons. The number of benzene rings is 1. The van der Waals surface area contributed by atoms with Gasteiger partial charge in [-0.3, -0.25) is 9.59 Å². The summed E-state index contributed by atoms with van der Waals surface area (Å²) in [6.45, 7) is 2.96. The van der Waals surface area contributed by atoms with E-state index in [4.69, 9.17) is 0 Å². The molecule has 9 heteroatoms. The zero-order valence-corrected chi connectivity index (χ0v) is 15.0. The van der Waals surface area contributed by atoms with Crippen molar-refractivity contribution < 1.29 is 22.8 Å². The van der Waals surface area contributed by atoms with Gasteiger partial charge in [-0.2, -0.15) is 13.2 Å². The fraction of sp³-hybridized carbons (Fsp3) is 0.529. The number of alkyl halides is 3. The monoisotopic (exact) mass is 391 g/mol. The molecule has 1 aromatic carbocycles. The number of carbonyl (C=O) groups is 2. The molecule has 2 amide bonds. The van der Waals surface area contributed by atoms with E-state index >= 15 is 0 Å². The van der Waals surface area contributed by atoms with Gasteiger partial charge >= 0.3 is 6.18 Å². The predicted molar refractivity (Wildman–Crippen MR) is 94.3 cm³/mol. The number of hydrogen-bond acceptors (Lipinski definition) is 3. The Bertz CT molecular complexity index is 703. The molecule has 1 unspecified atom stereocenters. The minimum absolute atomic E-state index is 0. The van der Waals surface area contributed by atoms with E-state index in [1.807, 2.05) is 0 Å². The smallest absolute Gasteiger partial charge is 0.325 e. The molecule has 1 aliphatic heterocycles. The lowest BCUT2D eigenvalue weighted by Crippen LogP contribution is -2.31. The number of piperidine rings is 1. The van der Waals surface area contributed by atoms with Crippen molar-refractivity contribution in [3.8, 4) is 0 Å². The van der Waals surface area contributed by atoms with Crippen molar-refractivity contribution in [2.45, 2.75) is 32.4 Å². The minimum atomic E-state index is -4.52. The van der Waals surface area contributed by atoms with Crippen molar-refractivity contribution in [2.75, 3.05) is 23.7 Å². The van der Waals surface area contributed by atoms with Crippen molar-refractivity contribution in [1.29, 1.82) is 0 Å². The number of carbonyl (C=O) groups excluding carboxylic acids is 2. The van der Waals surface area contributed by atoms with Gasteiger partial charge in [-0.1, -0.05) is 0 Å². The first-order chi connectivity index (χ1) is 11.7. The van der Waals surface area contributed by atoms with Crippen LogP contribution in [0.2, 0.25) is 0 Å². The van der Waals surface area contributed by atoms with Crippen LogP contribution < -0.4 is 16.0 Å². The van der Waals surface area contributed by atoms with E-state index in [1.165, 1.54) is 6.92 Å². The fourth-order valence-corrected chi connectivity index (χ4v) is 3.54. The molecule has 0 aromatic heterocycles. The molecule has 1 aliphatic carbocycles. The van der Waals surface area contributed by atoms with Gasteiger partial charge in [0.2, 0.25) is 11.8 Å². The Hall–Kier alpha value is -1.80. The number of halogens is 4. The van der Waals surface area contributed by atoms with Gasteiger partial charge in [0.15, 0.2) is 0 Å². The molecule has 2 aliphatic rings. The van der Waals surface area contributed by atoms with Gasteiger partial charge in [0, 0.05) is 12.8 Å². The van der Waals surface area contributed by atoms with Gasteiger partial charge in [-0.05, 0) is 56.0 Å². The molecule has 3 rings (SSSR count). The lowest BCUT2D eigenvalue weighted by Gasteiger charge is -2.23. The Morgan fingerprint density at radius 1 is 1.15 bits per heavy atom. The van der Waals surface area contributed by atoms with Crippen LogP contribution in [0, 0.1) is 11.3 Å². The first-order valence-corrected chi connectivity index (χ1v) is 8.22. The van der Waals surface area contributed by atoms with Gasteiger partial charge in [-0.25, -0.2) is 0 Å². The molecule has 1 atom stereocenters. The quantitative estimate of drug-likeness (QED) is 0.739. The molecule has 1 spiro atoms. The molecule has 1 saturated heterocycles. The van der Waals surface area contributed by atoms with Crippen LogP contribution in [0.1, 0.15) is 31.7 Å². The van der Waals surface area contributed by atoms with E-state index in [0.717, 1.165) is 50.6 Å². The second-order valence-electron chi connectivity index (χ2n) is 6.80. The molecule has 26 heavy (non-hydrogen) atoms. The Morgan fingerprint density at radius 2 is 1.81 bits per heavy atom. The maximum atomic E-state index is 12.9. The van der Waals surface area contributed by atoms with Crippen LogP contribution in [0.4, 0.5) is 24.5 Å². The largest absolute Gasteiger partial charge is 0.416 e.